The topological polar surface area (TPSA) is 78.9 Å². The van der Waals surface area contributed by atoms with Crippen LogP contribution >= 0.6 is 0 Å². The first kappa shape index (κ1) is 76.5. The molecule has 0 aromatic rings. The minimum Gasteiger partial charge on any atom is -0.462 e. The molecule has 1 unspecified atom stereocenters. The minimum atomic E-state index is -0.812. The van der Waals surface area contributed by atoms with Crippen LogP contribution in [0, 0.1) is 0 Å². The van der Waals surface area contributed by atoms with Crippen molar-refractivity contribution in [2.75, 3.05) is 13.2 Å². The molecular formula is C75H124O6. The Kier molecular flexibility index (Phi) is 64.3. The van der Waals surface area contributed by atoms with Gasteiger partial charge in [-0.2, -0.15) is 0 Å². The van der Waals surface area contributed by atoms with Crippen LogP contribution in [0.25, 0.3) is 0 Å². The Labute approximate surface area is 500 Å². The fraction of sp³-hybridized carbons (Fsp3) is 0.667. The molecule has 0 amide bonds. The van der Waals surface area contributed by atoms with Gasteiger partial charge in [-0.3, -0.25) is 14.4 Å². The number of hydrogen-bond donors (Lipinski definition) is 0. The van der Waals surface area contributed by atoms with Gasteiger partial charge in [-0.15, -0.1) is 0 Å². The van der Waals surface area contributed by atoms with Gasteiger partial charge < -0.3 is 14.2 Å². The first-order valence-corrected chi connectivity index (χ1v) is 33.7. The van der Waals surface area contributed by atoms with E-state index < -0.39 is 6.10 Å². The molecule has 0 saturated carbocycles. The van der Waals surface area contributed by atoms with E-state index in [1.54, 1.807) is 0 Å². The Balaban J connectivity index is 4.39. The van der Waals surface area contributed by atoms with Gasteiger partial charge in [0, 0.05) is 19.3 Å². The summed E-state index contributed by atoms with van der Waals surface area (Å²) in [5.41, 5.74) is 0. The molecule has 0 radical (unpaired) electrons. The maximum Gasteiger partial charge on any atom is 0.306 e. The van der Waals surface area contributed by atoms with E-state index in [0.29, 0.717) is 19.3 Å². The molecule has 0 rings (SSSR count). The van der Waals surface area contributed by atoms with Gasteiger partial charge in [0.15, 0.2) is 6.10 Å². The van der Waals surface area contributed by atoms with Crippen molar-refractivity contribution in [3.8, 4) is 0 Å². The highest BCUT2D eigenvalue weighted by atomic mass is 16.6. The summed E-state index contributed by atoms with van der Waals surface area (Å²) < 4.78 is 16.9. The zero-order valence-electron chi connectivity index (χ0n) is 52.8. The van der Waals surface area contributed by atoms with E-state index in [4.69, 9.17) is 14.2 Å². The number of esters is 3. The standard InChI is InChI=1S/C75H124O6/c1-4-7-10-13-16-19-22-25-28-30-32-34-35-36-37-38-39-41-42-44-47-50-53-56-59-62-65-68-74(77)80-71-72(70-79-73(76)67-64-61-58-55-52-49-46-27-24-21-18-15-12-9-6-3)81-75(78)69-66-63-60-57-54-51-48-45-43-40-33-31-29-26-23-20-17-14-11-8-5-2/h8-9,11-12,17-18,20-22,25-27,29-30,32-33,40,45-46,48,52,55,72H,4-7,10,13-16,19,23-24,28,31,34-39,41-44,47,49-51,53-54,56-71H2,1-3H3/b11-8-,12-9-,20-17-,21-18-,25-22-,29-26-,32-30-,40-33-,46-27-,48-45-,55-52-. The van der Waals surface area contributed by atoms with Crippen LogP contribution < -0.4 is 0 Å². The zero-order valence-corrected chi connectivity index (χ0v) is 52.8. The molecule has 0 aliphatic rings. The molecule has 0 N–H and O–H groups in total. The lowest BCUT2D eigenvalue weighted by atomic mass is 10.0. The smallest absolute Gasteiger partial charge is 0.306 e. The number of ether oxygens (including phenoxy) is 3. The van der Waals surface area contributed by atoms with E-state index in [-0.39, 0.29) is 31.1 Å². The predicted molar refractivity (Wildman–Crippen MR) is 353 cm³/mol. The monoisotopic (exact) mass is 1120 g/mol. The molecule has 81 heavy (non-hydrogen) atoms. The SMILES string of the molecule is CC/C=C\C/C=C\C/C=C\C/C=C\C/C=C\CCCCCCCC(=O)OC(COC(=O)CCCC/C=C\C/C=C\C/C=C\C/C=C\CC)COC(=O)CCCCCCCCCCCCCCCCC/C=C\C/C=C\CCCCCCC. The van der Waals surface area contributed by atoms with Crippen LogP contribution in [0.15, 0.2) is 134 Å². The molecular weight excluding hydrogens is 997 g/mol. The molecule has 0 aromatic heterocycles. The third-order valence-electron chi connectivity index (χ3n) is 14.1. The predicted octanol–water partition coefficient (Wildman–Crippen LogP) is 23.3. The number of hydrogen-bond acceptors (Lipinski definition) is 6. The number of rotatable bonds is 60. The Morgan fingerprint density at radius 2 is 0.481 bits per heavy atom. The van der Waals surface area contributed by atoms with E-state index >= 15 is 0 Å². The van der Waals surface area contributed by atoms with Crippen molar-refractivity contribution >= 4 is 17.9 Å². The zero-order chi connectivity index (χ0) is 58.5. The summed E-state index contributed by atoms with van der Waals surface area (Å²) >= 11 is 0. The molecule has 6 nitrogen and oxygen atoms in total. The van der Waals surface area contributed by atoms with Crippen molar-refractivity contribution in [3.63, 3.8) is 0 Å². The van der Waals surface area contributed by atoms with Gasteiger partial charge in [0.2, 0.25) is 0 Å². The maximum absolute atomic E-state index is 12.9. The summed E-state index contributed by atoms with van der Waals surface area (Å²) in [7, 11) is 0. The van der Waals surface area contributed by atoms with Crippen molar-refractivity contribution in [2.24, 2.45) is 0 Å². The van der Waals surface area contributed by atoms with Crippen molar-refractivity contribution in [1.82, 2.24) is 0 Å². The van der Waals surface area contributed by atoms with Crippen molar-refractivity contribution in [1.29, 1.82) is 0 Å². The van der Waals surface area contributed by atoms with Crippen LogP contribution in [0.5, 0.6) is 0 Å². The number of carbonyl (C=O) groups excluding carboxylic acids is 3. The minimum absolute atomic E-state index is 0.102. The van der Waals surface area contributed by atoms with Crippen molar-refractivity contribution in [3.05, 3.63) is 134 Å². The third-order valence-corrected chi connectivity index (χ3v) is 14.1. The largest absolute Gasteiger partial charge is 0.462 e. The van der Waals surface area contributed by atoms with E-state index in [1.165, 1.54) is 122 Å². The highest BCUT2D eigenvalue weighted by molar-refractivity contribution is 5.71. The first-order chi connectivity index (χ1) is 40.0. The van der Waals surface area contributed by atoms with Crippen LogP contribution in [0.3, 0.4) is 0 Å². The highest BCUT2D eigenvalue weighted by Crippen LogP contribution is 2.16. The fourth-order valence-corrected chi connectivity index (χ4v) is 9.14. The first-order valence-electron chi connectivity index (χ1n) is 33.7. The molecule has 0 saturated heterocycles. The van der Waals surface area contributed by atoms with Crippen molar-refractivity contribution < 1.29 is 28.6 Å². The Morgan fingerprint density at radius 1 is 0.259 bits per heavy atom. The lowest BCUT2D eigenvalue weighted by Gasteiger charge is -2.18. The van der Waals surface area contributed by atoms with Crippen LogP contribution in [0.1, 0.15) is 303 Å². The van der Waals surface area contributed by atoms with Crippen LogP contribution in [-0.2, 0) is 28.6 Å². The summed E-state index contributed by atoms with van der Waals surface area (Å²) in [5.74, 6) is -0.960. The van der Waals surface area contributed by atoms with E-state index in [9.17, 15) is 14.4 Å². The summed E-state index contributed by atoms with van der Waals surface area (Å²) in [6.07, 6.45) is 96.1. The fourth-order valence-electron chi connectivity index (χ4n) is 9.14. The van der Waals surface area contributed by atoms with Gasteiger partial charge in [-0.05, 0) is 135 Å². The second-order valence-corrected chi connectivity index (χ2v) is 22.0. The Hall–Kier alpha value is -4.45. The quantitative estimate of drug-likeness (QED) is 0.0261. The lowest BCUT2D eigenvalue weighted by molar-refractivity contribution is -0.167. The van der Waals surface area contributed by atoms with Gasteiger partial charge in [0.05, 0.1) is 0 Å². The molecule has 0 bridgehead atoms. The van der Waals surface area contributed by atoms with Gasteiger partial charge in [0.1, 0.15) is 13.2 Å². The molecule has 0 spiro atoms. The lowest BCUT2D eigenvalue weighted by Crippen LogP contribution is -2.30. The summed E-state index contributed by atoms with van der Waals surface area (Å²) in [6, 6.07) is 0. The highest BCUT2D eigenvalue weighted by Gasteiger charge is 2.19. The Morgan fingerprint density at radius 3 is 0.778 bits per heavy atom. The Bertz CT molecular complexity index is 1720. The third kappa shape index (κ3) is 66.2. The van der Waals surface area contributed by atoms with Gasteiger partial charge in [0.25, 0.3) is 0 Å². The van der Waals surface area contributed by atoms with E-state index in [1.807, 2.05) is 0 Å². The number of allylic oxidation sites excluding steroid dienone is 22. The molecule has 460 valence electrons. The van der Waals surface area contributed by atoms with E-state index in [2.05, 4.69) is 154 Å². The molecule has 0 aromatic carbocycles. The summed E-state index contributed by atoms with van der Waals surface area (Å²) in [6.45, 7) is 6.37. The molecule has 6 heteroatoms. The van der Waals surface area contributed by atoms with Gasteiger partial charge in [-0.1, -0.05) is 283 Å². The second-order valence-electron chi connectivity index (χ2n) is 22.0. The average molecular weight is 1120 g/mol. The molecule has 0 heterocycles. The van der Waals surface area contributed by atoms with E-state index in [0.717, 1.165) is 141 Å². The molecule has 0 aliphatic carbocycles. The average Bonchev–Trinajstić information content (AvgIpc) is 3.47. The van der Waals surface area contributed by atoms with Gasteiger partial charge >= 0.3 is 17.9 Å². The number of unbranched alkanes of at least 4 members (excludes halogenated alkanes) is 27. The molecule has 1 atom stereocenters. The van der Waals surface area contributed by atoms with Crippen LogP contribution in [-0.4, -0.2) is 37.2 Å². The van der Waals surface area contributed by atoms with Crippen LogP contribution in [0.4, 0.5) is 0 Å². The second kappa shape index (κ2) is 68.1. The molecule has 0 fully saturated rings. The summed E-state index contributed by atoms with van der Waals surface area (Å²) in [4.78, 5) is 38.4. The van der Waals surface area contributed by atoms with Crippen molar-refractivity contribution in [2.45, 2.75) is 309 Å². The molecule has 0 aliphatic heterocycles. The van der Waals surface area contributed by atoms with Crippen LogP contribution in [0.2, 0.25) is 0 Å². The maximum atomic E-state index is 12.9. The normalized spacial score (nSPS) is 13.0. The van der Waals surface area contributed by atoms with Gasteiger partial charge in [-0.25, -0.2) is 0 Å². The summed E-state index contributed by atoms with van der Waals surface area (Å²) in [5, 5.41) is 0. The number of carbonyl (C=O) groups is 3.